The van der Waals surface area contributed by atoms with E-state index in [1.165, 1.54) is 24.0 Å². The van der Waals surface area contributed by atoms with Gasteiger partial charge in [0, 0.05) is 26.8 Å². The molecule has 3 rings (SSSR count). The molecule has 0 N–H and O–H groups in total. The lowest BCUT2D eigenvalue weighted by atomic mass is 9.85. The summed E-state index contributed by atoms with van der Waals surface area (Å²) in [7, 11) is 0. The fourth-order valence-electron chi connectivity index (χ4n) is 3.36. The maximum absolute atomic E-state index is 13.0. The van der Waals surface area contributed by atoms with Crippen LogP contribution in [0, 0.1) is 0 Å². The summed E-state index contributed by atoms with van der Waals surface area (Å²) in [5.74, 6) is 0.208. The number of rotatable bonds is 8. The molecule has 144 valence electrons. The van der Waals surface area contributed by atoms with Crippen LogP contribution in [0.15, 0.2) is 81.7 Å². The van der Waals surface area contributed by atoms with Crippen molar-refractivity contribution in [1.29, 1.82) is 0 Å². The highest BCUT2D eigenvalue weighted by molar-refractivity contribution is 9.10. The van der Waals surface area contributed by atoms with Crippen LogP contribution in [0.25, 0.3) is 0 Å². The Bertz CT molecular complexity index is 897. The monoisotopic (exact) mass is 498 g/mol. The summed E-state index contributed by atoms with van der Waals surface area (Å²) >= 11 is 6.94. The van der Waals surface area contributed by atoms with E-state index in [9.17, 15) is 4.79 Å². The highest BCUT2D eigenvalue weighted by Crippen LogP contribution is 2.31. The molecule has 0 saturated heterocycles. The van der Waals surface area contributed by atoms with E-state index in [4.69, 9.17) is 0 Å². The van der Waals surface area contributed by atoms with E-state index in [1.54, 1.807) is 0 Å². The number of carbonyl (C=O) groups excluding carboxylic acids is 1. The predicted molar refractivity (Wildman–Crippen MR) is 124 cm³/mol. The number of aryl methyl sites for hydroxylation is 1. The van der Waals surface area contributed by atoms with Crippen LogP contribution in [-0.4, -0.2) is 5.78 Å². The van der Waals surface area contributed by atoms with Crippen LogP contribution < -0.4 is 0 Å². The van der Waals surface area contributed by atoms with E-state index in [0.717, 1.165) is 26.5 Å². The first-order chi connectivity index (χ1) is 13.6. The van der Waals surface area contributed by atoms with Crippen LogP contribution >= 0.6 is 31.9 Å². The second-order valence-corrected chi connectivity index (χ2v) is 8.91. The van der Waals surface area contributed by atoms with Gasteiger partial charge in [-0.2, -0.15) is 0 Å². The molecular weight excluding hydrogens is 476 g/mol. The molecule has 0 aliphatic heterocycles. The number of carbonyl (C=O) groups is 1. The molecule has 3 aromatic rings. The zero-order chi connectivity index (χ0) is 19.9. The number of benzene rings is 3. The van der Waals surface area contributed by atoms with Gasteiger partial charge in [-0.25, -0.2) is 0 Å². The number of hydrogen-bond donors (Lipinski definition) is 0. The van der Waals surface area contributed by atoms with E-state index in [0.29, 0.717) is 6.42 Å². The van der Waals surface area contributed by atoms with Crippen LogP contribution in [0.2, 0.25) is 0 Å². The average Bonchev–Trinajstić information content (AvgIpc) is 2.72. The Kier molecular flexibility index (Phi) is 7.64. The van der Waals surface area contributed by atoms with Gasteiger partial charge < -0.3 is 0 Å². The van der Waals surface area contributed by atoms with Crippen LogP contribution in [0.5, 0.6) is 0 Å². The molecule has 0 amide bonds. The van der Waals surface area contributed by atoms with Gasteiger partial charge in [-0.05, 0) is 53.8 Å². The van der Waals surface area contributed by atoms with Crippen molar-refractivity contribution in [3.63, 3.8) is 0 Å². The average molecular weight is 500 g/mol. The standard InChI is InChI=1S/C25H24Br2O/c1-2-3-4-18-5-7-19(8-6-18)24(20-9-13-22(26)14-10-20)17-25(28)21-11-15-23(27)16-12-21/h5-16,24H,2-4,17H2,1H3/t24-/m1/s1. The molecule has 0 aromatic heterocycles. The normalized spacial score (nSPS) is 12.0. The third kappa shape index (κ3) is 5.65. The number of ketones is 1. The molecule has 1 nitrogen and oxygen atoms in total. The largest absolute Gasteiger partial charge is 0.294 e. The predicted octanol–water partition coefficient (Wildman–Crippen LogP) is 7.96. The maximum Gasteiger partial charge on any atom is 0.163 e. The van der Waals surface area contributed by atoms with Gasteiger partial charge in [-0.3, -0.25) is 4.79 Å². The highest BCUT2D eigenvalue weighted by atomic mass is 79.9. The number of halogens is 2. The zero-order valence-electron chi connectivity index (χ0n) is 16.0. The Hall–Kier alpha value is -1.71. The Morgan fingerprint density at radius 3 is 1.82 bits per heavy atom. The summed E-state index contributed by atoms with van der Waals surface area (Å²) in [6.07, 6.45) is 3.97. The third-order valence-electron chi connectivity index (χ3n) is 5.03. The first-order valence-electron chi connectivity index (χ1n) is 9.70. The second kappa shape index (κ2) is 10.2. The molecule has 0 unspecified atom stereocenters. The number of unbranched alkanes of at least 4 members (excludes halogenated alkanes) is 1. The van der Waals surface area contributed by atoms with Crippen molar-refractivity contribution in [1.82, 2.24) is 0 Å². The topological polar surface area (TPSA) is 17.1 Å². The third-order valence-corrected chi connectivity index (χ3v) is 6.09. The van der Waals surface area contributed by atoms with Gasteiger partial charge in [0.1, 0.15) is 0 Å². The van der Waals surface area contributed by atoms with Crippen LogP contribution in [0.4, 0.5) is 0 Å². The van der Waals surface area contributed by atoms with Gasteiger partial charge in [0.05, 0.1) is 0 Å². The van der Waals surface area contributed by atoms with Gasteiger partial charge in [-0.15, -0.1) is 0 Å². The van der Waals surface area contributed by atoms with Crippen LogP contribution in [0.3, 0.4) is 0 Å². The molecule has 1 atom stereocenters. The molecule has 3 aromatic carbocycles. The second-order valence-electron chi connectivity index (χ2n) is 7.08. The minimum atomic E-state index is 0.0458. The minimum Gasteiger partial charge on any atom is -0.294 e. The molecule has 0 aliphatic rings. The molecule has 0 heterocycles. The minimum absolute atomic E-state index is 0.0458. The Morgan fingerprint density at radius 1 is 0.786 bits per heavy atom. The van der Waals surface area contributed by atoms with Crippen molar-refractivity contribution >= 4 is 37.6 Å². The lowest BCUT2D eigenvalue weighted by Crippen LogP contribution is -2.09. The van der Waals surface area contributed by atoms with Crippen molar-refractivity contribution in [2.24, 2.45) is 0 Å². The van der Waals surface area contributed by atoms with E-state index in [-0.39, 0.29) is 11.7 Å². The fourth-order valence-corrected chi connectivity index (χ4v) is 3.89. The smallest absolute Gasteiger partial charge is 0.163 e. The Morgan fingerprint density at radius 2 is 1.29 bits per heavy atom. The lowest BCUT2D eigenvalue weighted by molar-refractivity contribution is 0.0977. The van der Waals surface area contributed by atoms with E-state index < -0.39 is 0 Å². The summed E-state index contributed by atoms with van der Waals surface area (Å²) in [5, 5.41) is 0. The fraction of sp³-hybridized carbons (Fsp3) is 0.240. The molecule has 0 radical (unpaired) electrons. The van der Waals surface area contributed by atoms with Crippen molar-refractivity contribution in [3.05, 3.63) is 104 Å². The van der Waals surface area contributed by atoms with Gasteiger partial charge in [0.2, 0.25) is 0 Å². The summed E-state index contributed by atoms with van der Waals surface area (Å²) in [6, 6.07) is 24.7. The first kappa shape index (κ1) is 21.0. The Balaban J connectivity index is 1.87. The zero-order valence-corrected chi connectivity index (χ0v) is 19.2. The number of hydrogen-bond acceptors (Lipinski definition) is 1. The summed E-state index contributed by atoms with van der Waals surface area (Å²) in [4.78, 5) is 13.0. The Labute approximate surface area is 184 Å². The summed E-state index contributed by atoms with van der Waals surface area (Å²) in [5.41, 5.74) is 4.47. The first-order valence-corrected chi connectivity index (χ1v) is 11.3. The SMILES string of the molecule is CCCCc1ccc([C@@H](CC(=O)c2ccc(Br)cc2)c2ccc(Br)cc2)cc1. The molecular formula is C25H24Br2O. The molecule has 0 saturated carbocycles. The van der Waals surface area contributed by atoms with Gasteiger partial charge in [-0.1, -0.05) is 93.7 Å². The van der Waals surface area contributed by atoms with E-state index >= 15 is 0 Å². The lowest BCUT2D eigenvalue weighted by Gasteiger charge is -2.18. The highest BCUT2D eigenvalue weighted by Gasteiger charge is 2.19. The number of Topliss-reactive ketones (excluding diaryl/α,β-unsaturated/α-hetero) is 1. The van der Waals surface area contributed by atoms with Crippen LogP contribution in [-0.2, 0) is 6.42 Å². The molecule has 3 heteroatoms. The van der Waals surface area contributed by atoms with Crippen molar-refractivity contribution < 1.29 is 4.79 Å². The van der Waals surface area contributed by atoms with E-state index in [1.807, 2.05) is 36.4 Å². The molecule has 0 fully saturated rings. The van der Waals surface area contributed by atoms with E-state index in [2.05, 4.69) is 75.2 Å². The molecule has 0 aliphatic carbocycles. The van der Waals surface area contributed by atoms with Gasteiger partial charge >= 0.3 is 0 Å². The van der Waals surface area contributed by atoms with Gasteiger partial charge in [0.15, 0.2) is 5.78 Å². The molecule has 28 heavy (non-hydrogen) atoms. The van der Waals surface area contributed by atoms with Crippen molar-refractivity contribution in [2.75, 3.05) is 0 Å². The van der Waals surface area contributed by atoms with Crippen molar-refractivity contribution in [2.45, 2.75) is 38.5 Å². The molecule has 0 spiro atoms. The maximum atomic E-state index is 13.0. The molecule has 0 bridgehead atoms. The van der Waals surface area contributed by atoms with Crippen LogP contribution in [0.1, 0.15) is 59.2 Å². The quantitative estimate of drug-likeness (QED) is 0.287. The summed E-state index contributed by atoms with van der Waals surface area (Å²) < 4.78 is 2.03. The van der Waals surface area contributed by atoms with Crippen molar-refractivity contribution in [3.8, 4) is 0 Å². The van der Waals surface area contributed by atoms with Gasteiger partial charge in [0.25, 0.3) is 0 Å². The summed E-state index contributed by atoms with van der Waals surface area (Å²) in [6.45, 7) is 2.21.